The molecule has 8 heteroatoms. The van der Waals surface area contributed by atoms with Crippen LogP contribution in [0, 0.1) is 18.6 Å². The second-order valence-corrected chi connectivity index (χ2v) is 8.07. The molecule has 2 aromatic rings. The number of halogens is 2. The molecule has 1 saturated heterocycles. The highest BCUT2D eigenvalue weighted by Gasteiger charge is 2.31. The zero-order valence-corrected chi connectivity index (χ0v) is 15.0. The molecule has 1 heterocycles. The van der Waals surface area contributed by atoms with Crippen LogP contribution in [0.4, 0.5) is 8.78 Å². The summed E-state index contributed by atoms with van der Waals surface area (Å²) in [6, 6.07) is 9.34. The van der Waals surface area contributed by atoms with Crippen molar-refractivity contribution < 1.29 is 22.0 Å². The Balaban J connectivity index is 1.70. The van der Waals surface area contributed by atoms with E-state index in [1.54, 1.807) is 24.3 Å². The van der Waals surface area contributed by atoms with Gasteiger partial charge >= 0.3 is 0 Å². The summed E-state index contributed by atoms with van der Waals surface area (Å²) in [6.07, 6.45) is 0. The van der Waals surface area contributed by atoms with E-state index in [4.69, 9.17) is 0 Å². The first-order chi connectivity index (χ1) is 12.3. The van der Waals surface area contributed by atoms with E-state index in [2.05, 4.69) is 0 Å². The van der Waals surface area contributed by atoms with E-state index in [9.17, 15) is 22.0 Å². The van der Waals surface area contributed by atoms with Crippen molar-refractivity contribution in [1.82, 2.24) is 9.21 Å². The molecule has 0 saturated carbocycles. The van der Waals surface area contributed by atoms with Crippen molar-refractivity contribution >= 4 is 15.9 Å². The predicted octanol–water partition coefficient (Wildman–Crippen LogP) is 2.42. The van der Waals surface area contributed by atoms with Crippen molar-refractivity contribution in [3.05, 3.63) is 65.2 Å². The molecule has 5 nitrogen and oxygen atoms in total. The molecule has 0 aromatic heterocycles. The normalized spacial score (nSPS) is 15.9. The SMILES string of the molecule is Cc1ccc(S(=O)(=O)N2CCN(C(=O)c3ccc(F)cc3F)CC2)cc1. The minimum atomic E-state index is -3.63. The van der Waals surface area contributed by atoms with Crippen LogP contribution < -0.4 is 0 Å². The highest BCUT2D eigenvalue weighted by Crippen LogP contribution is 2.20. The number of benzene rings is 2. The van der Waals surface area contributed by atoms with Gasteiger partial charge in [-0.1, -0.05) is 17.7 Å². The van der Waals surface area contributed by atoms with E-state index in [1.807, 2.05) is 6.92 Å². The number of piperazine rings is 1. The summed E-state index contributed by atoms with van der Waals surface area (Å²) in [5.41, 5.74) is 0.738. The van der Waals surface area contributed by atoms with Gasteiger partial charge in [0.05, 0.1) is 10.5 Å². The number of sulfonamides is 1. The van der Waals surface area contributed by atoms with Gasteiger partial charge in [0.1, 0.15) is 11.6 Å². The number of amides is 1. The standard InChI is InChI=1S/C18H18F2N2O3S/c1-13-2-5-15(6-3-13)26(24,25)22-10-8-21(9-11-22)18(23)16-7-4-14(19)12-17(16)20/h2-7,12H,8-11H2,1H3. The van der Waals surface area contributed by atoms with Crippen LogP contribution in [0.3, 0.4) is 0 Å². The fourth-order valence-corrected chi connectivity index (χ4v) is 4.25. The van der Waals surface area contributed by atoms with E-state index in [1.165, 1.54) is 9.21 Å². The van der Waals surface area contributed by atoms with E-state index in [0.717, 1.165) is 17.7 Å². The van der Waals surface area contributed by atoms with Gasteiger partial charge in [0.2, 0.25) is 10.0 Å². The Kier molecular flexibility index (Phi) is 5.06. The van der Waals surface area contributed by atoms with Gasteiger partial charge in [-0.05, 0) is 31.2 Å². The van der Waals surface area contributed by atoms with Crippen LogP contribution in [0.15, 0.2) is 47.4 Å². The molecular weight excluding hydrogens is 362 g/mol. The summed E-state index contributed by atoms with van der Waals surface area (Å²) >= 11 is 0. The van der Waals surface area contributed by atoms with E-state index < -0.39 is 27.6 Å². The minimum absolute atomic E-state index is 0.116. The first-order valence-corrected chi connectivity index (χ1v) is 9.54. The summed E-state index contributed by atoms with van der Waals surface area (Å²) in [5, 5.41) is 0. The number of carbonyl (C=O) groups excluding carboxylic acids is 1. The van der Waals surface area contributed by atoms with Crippen molar-refractivity contribution in [2.45, 2.75) is 11.8 Å². The Morgan fingerprint density at radius 1 is 0.962 bits per heavy atom. The number of carbonyl (C=O) groups is 1. The molecule has 1 aliphatic heterocycles. The molecule has 0 atom stereocenters. The van der Waals surface area contributed by atoms with Gasteiger partial charge < -0.3 is 4.90 Å². The van der Waals surface area contributed by atoms with Gasteiger partial charge in [0, 0.05) is 32.2 Å². The lowest BCUT2D eigenvalue weighted by Gasteiger charge is -2.34. The Morgan fingerprint density at radius 2 is 1.58 bits per heavy atom. The lowest BCUT2D eigenvalue weighted by Crippen LogP contribution is -2.50. The van der Waals surface area contributed by atoms with Crippen molar-refractivity contribution in [2.24, 2.45) is 0 Å². The number of hydrogen-bond acceptors (Lipinski definition) is 3. The zero-order chi connectivity index (χ0) is 18.9. The van der Waals surface area contributed by atoms with Crippen LogP contribution in [0.5, 0.6) is 0 Å². The highest BCUT2D eigenvalue weighted by atomic mass is 32.2. The highest BCUT2D eigenvalue weighted by molar-refractivity contribution is 7.89. The molecule has 0 spiro atoms. The predicted molar refractivity (Wildman–Crippen MR) is 92.2 cm³/mol. The third-order valence-corrected chi connectivity index (χ3v) is 6.26. The second-order valence-electron chi connectivity index (χ2n) is 6.13. The smallest absolute Gasteiger partial charge is 0.256 e. The van der Waals surface area contributed by atoms with Crippen LogP contribution in [-0.2, 0) is 10.0 Å². The number of hydrogen-bond donors (Lipinski definition) is 0. The summed E-state index contributed by atoms with van der Waals surface area (Å²) in [4.78, 5) is 14.0. The lowest BCUT2D eigenvalue weighted by atomic mass is 10.1. The maximum atomic E-state index is 13.8. The van der Waals surface area contributed by atoms with Crippen LogP contribution in [0.2, 0.25) is 0 Å². The van der Waals surface area contributed by atoms with Gasteiger partial charge in [0.25, 0.3) is 5.91 Å². The van der Waals surface area contributed by atoms with Gasteiger partial charge in [-0.2, -0.15) is 4.31 Å². The molecule has 1 aliphatic rings. The van der Waals surface area contributed by atoms with E-state index >= 15 is 0 Å². The molecule has 2 aromatic carbocycles. The molecule has 3 rings (SSSR count). The second kappa shape index (κ2) is 7.13. The Morgan fingerprint density at radius 3 is 2.15 bits per heavy atom. The number of aryl methyl sites for hydroxylation is 1. The molecule has 1 fully saturated rings. The average Bonchev–Trinajstić information content (AvgIpc) is 2.62. The first kappa shape index (κ1) is 18.5. The third kappa shape index (κ3) is 3.61. The van der Waals surface area contributed by atoms with Gasteiger partial charge in [-0.15, -0.1) is 0 Å². The largest absolute Gasteiger partial charge is 0.336 e. The fraction of sp³-hybridized carbons (Fsp3) is 0.278. The quantitative estimate of drug-likeness (QED) is 0.822. The Bertz CT molecular complexity index is 922. The maximum Gasteiger partial charge on any atom is 0.256 e. The summed E-state index contributed by atoms with van der Waals surface area (Å²) in [5.74, 6) is -2.26. The molecular formula is C18H18F2N2O3S. The molecule has 0 radical (unpaired) electrons. The van der Waals surface area contributed by atoms with Crippen LogP contribution >= 0.6 is 0 Å². The zero-order valence-electron chi connectivity index (χ0n) is 14.2. The minimum Gasteiger partial charge on any atom is -0.336 e. The van der Waals surface area contributed by atoms with Gasteiger partial charge in [-0.25, -0.2) is 17.2 Å². The lowest BCUT2D eigenvalue weighted by molar-refractivity contribution is 0.0693. The molecule has 0 aliphatic carbocycles. The van der Waals surface area contributed by atoms with E-state index in [-0.39, 0.29) is 36.6 Å². The van der Waals surface area contributed by atoms with Gasteiger partial charge in [-0.3, -0.25) is 4.79 Å². The number of rotatable bonds is 3. The molecule has 138 valence electrons. The van der Waals surface area contributed by atoms with Crippen molar-refractivity contribution in [3.8, 4) is 0 Å². The Hall–Kier alpha value is -2.32. The third-order valence-electron chi connectivity index (χ3n) is 4.35. The number of nitrogens with zero attached hydrogens (tertiary/aromatic N) is 2. The first-order valence-electron chi connectivity index (χ1n) is 8.10. The maximum absolute atomic E-state index is 13.8. The molecule has 0 unspecified atom stereocenters. The molecule has 0 bridgehead atoms. The summed E-state index contributed by atoms with van der Waals surface area (Å²) in [7, 11) is -3.63. The topological polar surface area (TPSA) is 57.7 Å². The van der Waals surface area contributed by atoms with Crippen molar-refractivity contribution in [3.63, 3.8) is 0 Å². The van der Waals surface area contributed by atoms with Crippen LogP contribution in [0.1, 0.15) is 15.9 Å². The van der Waals surface area contributed by atoms with Gasteiger partial charge in [0.15, 0.2) is 0 Å². The molecule has 26 heavy (non-hydrogen) atoms. The Labute approximate surface area is 150 Å². The van der Waals surface area contributed by atoms with Crippen molar-refractivity contribution in [2.75, 3.05) is 26.2 Å². The molecule has 1 amide bonds. The fourth-order valence-electron chi connectivity index (χ4n) is 2.82. The van der Waals surface area contributed by atoms with Crippen LogP contribution in [0.25, 0.3) is 0 Å². The molecule has 0 N–H and O–H groups in total. The monoisotopic (exact) mass is 380 g/mol. The van der Waals surface area contributed by atoms with E-state index in [0.29, 0.717) is 6.07 Å². The van der Waals surface area contributed by atoms with Crippen molar-refractivity contribution in [1.29, 1.82) is 0 Å². The summed E-state index contributed by atoms with van der Waals surface area (Å²) < 4.78 is 53.4. The van der Waals surface area contributed by atoms with Crippen LogP contribution in [-0.4, -0.2) is 49.7 Å². The average molecular weight is 380 g/mol. The summed E-state index contributed by atoms with van der Waals surface area (Å²) in [6.45, 7) is 2.38.